The van der Waals surface area contributed by atoms with Crippen LogP contribution in [0.3, 0.4) is 0 Å². The van der Waals surface area contributed by atoms with Gasteiger partial charge in [-0.1, -0.05) is 6.08 Å². The monoisotopic (exact) mass is 312 g/mol. The number of anilines is 1. The van der Waals surface area contributed by atoms with Gasteiger partial charge in [-0.25, -0.2) is 14.8 Å². The minimum absolute atomic E-state index is 0.336. The number of ether oxygens (including phenoxy) is 1. The van der Waals surface area contributed by atoms with Gasteiger partial charge in [-0.3, -0.25) is 0 Å². The summed E-state index contributed by atoms with van der Waals surface area (Å²) >= 11 is 0. The average molecular weight is 312 g/mol. The van der Waals surface area contributed by atoms with Crippen LogP contribution in [0.5, 0.6) is 11.6 Å². The number of carbonyl (C=O) groups is 1. The van der Waals surface area contributed by atoms with Crippen molar-refractivity contribution in [3.8, 4) is 11.6 Å². The van der Waals surface area contributed by atoms with E-state index in [1.54, 1.807) is 36.7 Å². The third kappa shape index (κ3) is 3.39. The fourth-order valence-corrected chi connectivity index (χ4v) is 2.33. The molecule has 0 bridgehead atoms. The summed E-state index contributed by atoms with van der Waals surface area (Å²) in [7, 11) is 0. The maximum atomic E-state index is 11.0. The highest BCUT2D eigenvalue weighted by molar-refractivity contribution is 5.71. The maximum absolute atomic E-state index is 11.0. The highest BCUT2D eigenvalue weighted by atomic mass is 16.5. The molecule has 0 fully saturated rings. The molecule has 2 aromatic rings. The summed E-state index contributed by atoms with van der Waals surface area (Å²) in [4.78, 5) is 20.9. The average Bonchev–Trinajstić information content (AvgIpc) is 2.57. The number of carboxylic acid groups (broad SMARTS) is 1. The lowest BCUT2D eigenvalue weighted by Gasteiger charge is -2.23. The first-order valence-corrected chi connectivity index (χ1v) is 7.15. The Morgan fingerprint density at radius 3 is 2.61 bits per heavy atom. The van der Waals surface area contributed by atoms with Crippen molar-refractivity contribution in [2.45, 2.75) is 6.42 Å². The zero-order valence-electron chi connectivity index (χ0n) is 12.3. The van der Waals surface area contributed by atoms with Crippen LogP contribution in [0.4, 0.5) is 10.5 Å². The Labute approximate surface area is 133 Å². The van der Waals surface area contributed by atoms with Crippen LogP contribution in [-0.4, -0.2) is 39.2 Å². The first kappa shape index (κ1) is 14.8. The molecule has 1 aromatic heterocycles. The third-order valence-corrected chi connectivity index (χ3v) is 3.54. The van der Waals surface area contributed by atoms with Crippen LogP contribution >= 0.6 is 0 Å². The number of aromatic nitrogens is 2. The van der Waals surface area contributed by atoms with Crippen molar-refractivity contribution in [2.24, 2.45) is 0 Å². The molecule has 7 nitrogen and oxygen atoms in total. The largest absolute Gasteiger partial charge is 0.465 e. The fourth-order valence-electron chi connectivity index (χ4n) is 2.33. The molecule has 1 aliphatic heterocycles. The number of hydrogen-bond acceptors (Lipinski definition) is 5. The first-order chi connectivity index (χ1) is 11.1. The summed E-state index contributed by atoms with van der Waals surface area (Å²) in [6.07, 6.45) is 4.65. The van der Waals surface area contributed by atoms with Crippen LogP contribution in [0.25, 0.3) is 5.57 Å². The maximum Gasteiger partial charge on any atom is 0.407 e. The van der Waals surface area contributed by atoms with Gasteiger partial charge in [0.2, 0.25) is 5.88 Å². The Kier molecular flexibility index (Phi) is 4.09. The summed E-state index contributed by atoms with van der Waals surface area (Å²) in [6, 6.07) is 7.01. The van der Waals surface area contributed by atoms with Crippen molar-refractivity contribution < 1.29 is 14.6 Å². The number of nitrogens with zero attached hydrogens (tertiary/aromatic N) is 3. The second-order valence-corrected chi connectivity index (χ2v) is 5.09. The molecule has 0 atom stereocenters. The molecule has 1 aromatic carbocycles. The number of hydrogen-bond donors (Lipinski definition) is 2. The quantitative estimate of drug-likeness (QED) is 0.845. The van der Waals surface area contributed by atoms with Crippen LogP contribution in [0.1, 0.15) is 12.1 Å². The smallest absolute Gasteiger partial charge is 0.407 e. The van der Waals surface area contributed by atoms with E-state index in [-0.39, 0.29) is 0 Å². The fraction of sp³-hybridized carbons (Fsp3) is 0.188. The minimum Gasteiger partial charge on any atom is -0.465 e. The lowest BCUT2D eigenvalue weighted by molar-refractivity contribution is 0.150. The van der Waals surface area contributed by atoms with Gasteiger partial charge in [0.15, 0.2) is 0 Å². The van der Waals surface area contributed by atoms with E-state index in [4.69, 9.17) is 15.6 Å². The molecule has 0 saturated heterocycles. The predicted molar refractivity (Wildman–Crippen MR) is 85.2 cm³/mol. The summed E-state index contributed by atoms with van der Waals surface area (Å²) in [6.45, 7) is 0.765. The molecule has 1 amide bonds. The van der Waals surface area contributed by atoms with Gasteiger partial charge in [0.1, 0.15) is 11.4 Å². The molecule has 0 saturated carbocycles. The van der Waals surface area contributed by atoms with Crippen molar-refractivity contribution >= 4 is 17.4 Å². The van der Waals surface area contributed by atoms with E-state index in [0.717, 1.165) is 5.57 Å². The Bertz CT molecular complexity index is 743. The van der Waals surface area contributed by atoms with Crippen molar-refractivity contribution in [3.05, 3.63) is 48.4 Å². The molecule has 2 heterocycles. The Balaban J connectivity index is 1.84. The molecular formula is C16H16N4O3. The Hall–Kier alpha value is -3.09. The normalized spacial score (nSPS) is 14.3. The van der Waals surface area contributed by atoms with Crippen LogP contribution < -0.4 is 10.5 Å². The predicted octanol–water partition coefficient (Wildman–Crippen LogP) is 2.62. The number of amides is 1. The van der Waals surface area contributed by atoms with Crippen LogP contribution in [0.2, 0.25) is 0 Å². The summed E-state index contributed by atoms with van der Waals surface area (Å²) in [5, 5.41) is 9.00. The van der Waals surface area contributed by atoms with E-state index in [0.29, 0.717) is 42.5 Å². The molecule has 7 heteroatoms. The van der Waals surface area contributed by atoms with Crippen molar-refractivity contribution in [1.29, 1.82) is 0 Å². The van der Waals surface area contributed by atoms with Gasteiger partial charge in [0.05, 0.1) is 0 Å². The molecule has 23 heavy (non-hydrogen) atoms. The molecule has 0 spiro atoms. The molecule has 3 rings (SSSR count). The summed E-state index contributed by atoms with van der Waals surface area (Å²) in [5.74, 6) is 1.01. The van der Waals surface area contributed by atoms with E-state index in [2.05, 4.69) is 9.97 Å². The highest BCUT2D eigenvalue weighted by Gasteiger charge is 2.20. The van der Waals surface area contributed by atoms with E-state index in [1.807, 2.05) is 6.08 Å². The van der Waals surface area contributed by atoms with Crippen LogP contribution in [0.15, 0.2) is 42.7 Å². The molecule has 0 aliphatic carbocycles. The van der Waals surface area contributed by atoms with Gasteiger partial charge in [0.25, 0.3) is 0 Å². The lowest BCUT2D eigenvalue weighted by Crippen LogP contribution is -2.33. The molecule has 0 radical (unpaired) electrons. The van der Waals surface area contributed by atoms with Crippen molar-refractivity contribution in [3.63, 3.8) is 0 Å². The molecule has 1 aliphatic rings. The van der Waals surface area contributed by atoms with Gasteiger partial charge >= 0.3 is 6.09 Å². The van der Waals surface area contributed by atoms with Crippen LogP contribution in [0, 0.1) is 0 Å². The van der Waals surface area contributed by atoms with E-state index in [1.165, 1.54) is 4.90 Å². The highest BCUT2D eigenvalue weighted by Crippen LogP contribution is 2.30. The lowest BCUT2D eigenvalue weighted by atomic mass is 10.1. The van der Waals surface area contributed by atoms with Gasteiger partial charge in [0, 0.05) is 31.2 Å². The number of benzene rings is 1. The first-order valence-electron chi connectivity index (χ1n) is 7.15. The van der Waals surface area contributed by atoms with Crippen molar-refractivity contribution in [1.82, 2.24) is 14.9 Å². The standard InChI is InChI=1S/C16H16N4O3/c17-12-1-3-13(4-2-12)23-15-14(18-7-8-19-15)11-5-9-20(10-6-11)16(21)22/h1-5,7-8H,6,9-10,17H2,(H,21,22). The number of nitrogens with two attached hydrogens (primary N) is 1. The zero-order chi connectivity index (χ0) is 16.2. The van der Waals surface area contributed by atoms with Crippen molar-refractivity contribution in [2.75, 3.05) is 18.8 Å². The molecule has 0 unspecified atom stereocenters. The van der Waals surface area contributed by atoms with Gasteiger partial charge in [-0.05, 0) is 36.3 Å². The topological polar surface area (TPSA) is 102 Å². The Morgan fingerprint density at radius 1 is 1.22 bits per heavy atom. The summed E-state index contributed by atoms with van der Waals surface area (Å²) < 4.78 is 5.79. The van der Waals surface area contributed by atoms with Gasteiger partial charge in [-0.15, -0.1) is 0 Å². The number of rotatable bonds is 3. The second kappa shape index (κ2) is 6.35. The minimum atomic E-state index is -0.919. The van der Waals surface area contributed by atoms with E-state index in [9.17, 15) is 4.79 Å². The van der Waals surface area contributed by atoms with Crippen LogP contribution in [-0.2, 0) is 0 Å². The third-order valence-electron chi connectivity index (χ3n) is 3.54. The van der Waals surface area contributed by atoms with Gasteiger partial charge in [-0.2, -0.15) is 0 Å². The van der Waals surface area contributed by atoms with E-state index < -0.39 is 6.09 Å². The SMILES string of the molecule is Nc1ccc(Oc2nccnc2C2=CCN(C(=O)O)CC2)cc1. The zero-order valence-corrected chi connectivity index (χ0v) is 12.3. The summed E-state index contributed by atoms with van der Waals surface area (Å²) in [5.41, 5.74) is 7.88. The Morgan fingerprint density at radius 2 is 1.96 bits per heavy atom. The van der Waals surface area contributed by atoms with Gasteiger partial charge < -0.3 is 20.5 Å². The van der Waals surface area contributed by atoms with E-state index >= 15 is 0 Å². The molecule has 3 N–H and O–H groups in total. The molecular weight excluding hydrogens is 296 g/mol. The second-order valence-electron chi connectivity index (χ2n) is 5.09. The molecule has 118 valence electrons. The number of nitrogen functional groups attached to an aromatic ring is 1.